The van der Waals surface area contributed by atoms with Crippen molar-refractivity contribution in [2.24, 2.45) is 0 Å². The molecule has 0 saturated heterocycles. The van der Waals surface area contributed by atoms with Gasteiger partial charge in [0.25, 0.3) is 5.91 Å². The number of carbonyl (C=O) groups excluding carboxylic acids is 1. The molecule has 0 unspecified atom stereocenters. The lowest BCUT2D eigenvalue weighted by molar-refractivity contribution is 0.102. The number of carbonyl (C=O) groups is 1. The minimum absolute atomic E-state index is 0.0666. The first-order valence-electron chi connectivity index (χ1n) is 8.35. The van der Waals surface area contributed by atoms with Crippen LogP contribution in [0.3, 0.4) is 0 Å². The summed E-state index contributed by atoms with van der Waals surface area (Å²) in [4.78, 5) is 16.5. The van der Waals surface area contributed by atoms with E-state index in [-0.39, 0.29) is 15.5 Å². The summed E-state index contributed by atoms with van der Waals surface area (Å²) in [5.74, 6) is 0.553. The fourth-order valence-electron chi connectivity index (χ4n) is 2.53. The van der Waals surface area contributed by atoms with E-state index in [4.69, 9.17) is 21.1 Å². The Morgan fingerprint density at radius 2 is 1.66 bits per heavy atom. The van der Waals surface area contributed by atoms with Crippen LogP contribution in [0.5, 0.6) is 11.5 Å². The Morgan fingerprint density at radius 3 is 2.24 bits per heavy atom. The Labute approximate surface area is 173 Å². The molecule has 150 valence electrons. The lowest BCUT2D eigenvalue weighted by atomic mass is 10.2. The number of anilines is 1. The van der Waals surface area contributed by atoms with Gasteiger partial charge in [0.05, 0.1) is 24.7 Å². The number of sulfone groups is 1. The molecule has 1 aromatic heterocycles. The minimum Gasteiger partial charge on any atom is -0.493 e. The molecule has 0 radical (unpaired) electrons. The largest absolute Gasteiger partial charge is 0.493 e. The molecule has 3 rings (SSSR count). The highest BCUT2D eigenvalue weighted by molar-refractivity contribution is 7.91. The van der Waals surface area contributed by atoms with Crippen molar-refractivity contribution in [3.05, 3.63) is 71.4 Å². The van der Waals surface area contributed by atoms with Crippen molar-refractivity contribution in [3.63, 3.8) is 0 Å². The van der Waals surface area contributed by atoms with Crippen LogP contribution in [0, 0.1) is 0 Å². The van der Waals surface area contributed by atoms with Gasteiger partial charge in [-0.15, -0.1) is 0 Å². The first kappa shape index (κ1) is 20.6. The molecule has 9 heteroatoms. The standard InChI is InChI=1S/C20H17ClN2O5S/c1-27-17-9-6-15(11-18(17)28-2)23-20(24)13-3-10-19(22-12-13)29(25,26)16-7-4-14(21)5-8-16/h3-12H,1-2H3,(H,23,24). The monoisotopic (exact) mass is 432 g/mol. The van der Waals surface area contributed by atoms with E-state index >= 15 is 0 Å². The zero-order valence-electron chi connectivity index (χ0n) is 15.5. The van der Waals surface area contributed by atoms with Crippen molar-refractivity contribution >= 4 is 33.0 Å². The summed E-state index contributed by atoms with van der Waals surface area (Å²) in [5.41, 5.74) is 0.695. The Morgan fingerprint density at radius 1 is 0.966 bits per heavy atom. The number of halogens is 1. The van der Waals surface area contributed by atoms with E-state index in [1.165, 1.54) is 56.8 Å². The number of ether oxygens (including phenoxy) is 2. The van der Waals surface area contributed by atoms with Gasteiger partial charge in [0.15, 0.2) is 16.5 Å². The van der Waals surface area contributed by atoms with Gasteiger partial charge in [-0.3, -0.25) is 4.79 Å². The lowest BCUT2D eigenvalue weighted by Gasteiger charge is -2.11. The zero-order valence-corrected chi connectivity index (χ0v) is 17.1. The molecule has 0 atom stereocenters. The van der Waals surface area contributed by atoms with E-state index in [0.29, 0.717) is 22.2 Å². The van der Waals surface area contributed by atoms with Crippen LogP contribution in [0.2, 0.25) is 5.02 Å². The summed E-state index contributed by atoms with van der Waals surface area (Å²) in [6.07, 6.45) is 1.21. The van der Waals surface area contributed by atoms with Crippen LogP contribution < -0.4 is 14.8 Å². The highest BCUT2D eigenvalue weighted by atomic mass is 35.5. The molecule has 0 spiro atoms. The van der Waals surface area contributed by atoms with Gasteiger partial charge in [0, 0.05) is 23.0 Å². The number of nitrogens with zero attached hydrogens (tertiary/aromatic N) is 1. The minimum atomic E-state index is -3.81. The number of benzene rings is 2. The number of amides is 1. The van der Waals surface area contributed by atoms with E-state index in [0.717, 1.165) is 0 Å². The Balaban J connectivity index is 1.79. The van der Waals surface area contributed by atoms with Gasteiger partial charge in [-0.05, 0) is 48.5 Å². The number of aromatic nitrogens is 1. The first-order chi connectivity index (χ1) is 13.8. The Kier molecular flexibility index (Phi) is 6.05. The molecule has 0 aliphatic heterocycles. The highest BCUT2D eigenvalue weighted by Gasteiger charge is 2.20. The van der Waals surface area contributed by atoms with Crippen LogP contribution in [0.15, 0.2) is 70.7 Å². The molecule has 0 fully saturated rings. The summed E-state index contributed by atoms with van der Waals surface area (Å²) in [6, 6.07) is 13.4. The second-order valence-electron chi connectivity index (χ2n) is 5.87. The van der Waals surface area contributed by atoms with Crippen molar-refractivity contribution in [1.29, 1.82) is 0 Å². The summed E-state index contributed by atoms with van der Waals surface area (Å²) in [6.45, 7) is 0. The predicted octanol–water partition coefficient (Wildman–Crippen LogP) is 3.84. The summed E-state index contributed by atoms with van der Waals surface area (Å²) >= 11 is 5.80. The predicted molar refractivity (Wildman–Crippen MR) is 109 cm³/mol. The zero-order chi connectivity index (χ0) is 21.0. The number of nitrogens with one attached hydrogen (secondary N) is 1. The van der Waals surface area contributed by atoms with E-state index in [1.807, 2.05) is 0 Å². The van der Waals surface area contributed by atoms with Crippen LogP contribution in [0.25, 0.3) is 0 Å². The smallest absolute Gasteiger partial charge is 0.257 e. The van der Waals surface area contributed by atoms with Gasteiger partial charge >= 0.3 is 0 Å². The molecule has 3 aromatic rings. The quantitative estimate of drug-likeness (QED) is 0.636. The average molecular weight is 433 g/mol. The molecule has 29 heavy (non-hydrogen) atoms. The molecular formula is C20H17ClN2O5S. The third-order valence-corrected chi connectivity index (χ3v) is 5.98. The molecule has 0 saturated carbocycles. The van der Waals surface area contributed by atoms with Crippen LogP contribution in [-0.4, -0.2) is 33.5 Å². The van der Waals surface area contributed by atoms with Crippen molar-refractivity contribution in [1.82, 2.24) is 4.98 Å². The number of pyridine rings is 1. The van der Waals surface area contributed by atoms with Gasteiger partial charge < -0.3 is 14.8 Å². The van der Waals surface area contributed by atoms with Gasteiger partial charge in [-0.25, -0.2) is 13.4 Å². The molecule has 0 bridgehead atoms. The van der Waals surface area contributed by atoms with Crippen molar-refractivity contribution in [2.75, 3.05) is 19.5 Å². The van der Waals surface area contributed by atoms with Gasteiger partial charge in [0.1, 0.15) is 0 Å². The van der Waals surface area contributed by atoms with E-state index in [9.17, 15) is 13.2 Å². The van der Waals surface area contributed by atoms with E-state index in [1.54, 1.807) is 18.2 Å². The molecular weight excluding hydrogens is 416 g/mol. The Hall–Kier alpha value is -3.10. The molecule has 0 aliphatic carbocycles. The third kappa shape index (κ3) is 4.49. The van der Waals surface area contributed by atoms with Crippen LogP contribution in [0.1, 0.15) is 10.4 Å². The number of rotatable bonds is 6. The highest BCUT2D eigenvalue weighted by Crippen LogP contribution is 2.30. The molecule has 7 nitrogen and oxygen atoms in total. The molecule has 1 heterocycles. The lowest BCUT2D eigenvalue weighted by Crippen LogP contribution is -2.13. The van der Waals surface area contributed by atoms with Gasteiger partial charge in [0.2, 0.25) is 9.84 Å². The van der Waals surface area contributed by atoms with Gasteiger partial charge in [-0.2, -0.15) is 0 Å². The third-order valence-electron chi connectivity index (χ3n) is 4.04. The maximum Gasteiger partial charge on any atom is 0.257 e. The van der Waals surface area contributed by atoms with Crippen LogP contribution in [-0.2, 0) is 9.84 Å². The van der Waals surface area contributed by atoms with Crippen LogP contribution >= 0.6 is 11.6 Å². The molecule has 0 aliphatic rings. The van der Waals surface area contributed by atoms with Crippen molar-refractivity contribution in [2.45, 2.75) is 9.92 Å². The topological polar surface area (TPSA) is 94.6 Å². The van der Waals surface area contributed by atoms with Crippen molar-refractivity contribution < 1.29 is 22.7 Å². The first-order valence-corrected chi connectivity index (χ1v) is 10.2. The number of hydrogen-bond donors (Lipinski definition) is 1. The molecule has 1 N–H and O–H groups in total. The maximum atomic E-state index is 12.6. The fourth-order valence-corrected chi connectivity index (χ4v) is 3.83. The van der Waals surface area contributed by atoms with E-state index < -0.39 is 15.7 Å². The fraction of sp³-hybridized carbons (Fsp3) is 0.100. The SMILES string of the molecule is COc1ccc(NC(=O)c2ccc(S(=O)(=O)c3ccc(Cl)cc3)nc2)cc1OC. The van der Waals surface area contributed by atoms with E-state index in [2.05, 4.69) is 10.3 Å². The van der Waals surface area contributed by atoms with Crippen molar-refractivity contribution in [3.8, 4) is 11.5 Å². The normalized spacial score (nSPS) is 11.0. The second-order valence-corrected chi connectivity index (χ2v) is 8.20. The summed E-state index contributed by atoms with van der Waals surface area (Å²) in [7, 11) is -0.797. The summed E-state index contributed by atoms with van der Waals surface area (Å²) < 4.78 is 35.6. The Bertz CT molecular complexity index is 1130. The van der Waals surface area contributed by atoms with Gasteiger partial charge in [-0.1, -0.05) is 11.6 Å². The number of methoxy groups -OCH3 is 2. The maximum absolute atomic E-state index is 12.6. The molecule has 2 aromatic carbocycles. The summed E-state index contributed by atoms with van der Waals surface area (Å²) in [5, 5.41) is 2.97. The molecule has 1 amide bonds. The number of hydrogen-bond acceptors (Lipinski definition) is 6. The van der Waals surface area contributed by atoms with Crippen LogP contribution in [0.4, 0.5) is 5.69 Å². The second kappa shape index (κ2) is 8.50. The average Bonchev–Trinajstić information content (AvgIpc) is 2.74.